The Morgan fingerprint density at radius 2 is 2.14 bits per heavy atom. The van der Waals surface area contributed by atoms with Gasteiger partial charge in [-0.25, -0.2) is 0 Å². The molecule has 1 rings (SSSR count). The average Bonchev–Trinajstić information content (AvgIpc) is 2.18. The lowest BCUT2D eigenvalue weighted by molar-refractivity contribution is 0.587. The van der Waals surface area contributed by atoms with E-state index in [-0.39, 0.29) is 0 Å². The van der Waals surface area contributed by atoms with Crippen LogP contribution in [0.2, 0.25) is 0 Å². The fourth-order valence-corrected chi connectivity index (χ4v) is 1.42. The van der Waals surface area contributed by atoms with Crippen LogP contribution in [0.3, 0.4) is 0 Å². The Bertz CT molecular complexity index is 280. The predicted molar refractivity (Wildman–Crippen MR) is 60.2 cm³/mol. The Labute approximate surface area is 86.1 Å². The van der Waals surface area contributed by atoms with E-state index in [0.29, 0.717) is 6.04 Å². The molecule has 76 valence electrons. The lowest BCUT2D eigenvalue weighted by atomic mass is 10.0. The first-order valence-electron chi connectivity index (χ1n) is 5.01. The Kier molecular flexibility index (Phi) is 4.33. The van der Waals surface area contributed by atoms with E-state index in [9.17, 15) is 0 Å². The molecule has 0 spiro atoms. The summed E-state index contributed by atoms with van der Waals surface area (Å²) in [6.45, 7) is 9.14. The summed E-state index contributed by atoms with van der Waals surface area (Å²) in [6, 6.07) is 4.47. The van der Waals surface area contributed by atoms with Gasteiger partial charge in [-0.3, -0.25) is 4.98 Å². The van der Waals surface area contributed by atoms with Crippen LogP contribution in [-0.4, -0.2) is 17.6 Å². The highest BCUT2D eigenvalue weighted by molar-refractivity contribution is 5.16. The van der Waals surface area contributed by atoms with Crippen LogP contribution in [0, 0.1) is 0 Å². The molecule has 0 aliphatic rings. The maximum absolute atomic E-state index is 4.00. The molecular formula is C12H18N2. The zero-order valence-corrected chi connectivity index (χ0v) is 8.96. The molecule has 0 bridgehead atoms. The van der Waals surface area contributed by atoms with Gasteiger partial charge in [0.2, 0.25) is 0 Å². The summed E-state index contributed by atoms with van der Waals surface area (Å²) in [5.41, 5.74) is 2.48. The van der Waals surface area contributed by atoms with Crippen molar-refractivity contribution in [3.8, 4) is 0 Å². The van der Waals surface area contributed by atoms with Crippen molar-refractivity contribution in [3.05, 3.63) is 42.2 Å². The third-order valence-corrected chi connectivity index (χ3v) is 2.23. The highest BCUT2D eigenvalue weighted by atomic mass is 14.9. The van der Waals surface area contributed by atoms with Gasteiger partial charge in [0.15, 0.2) is 0 Å². The number of likely N-dealkylation sites (N-methyl/N-ethyl adjacent to an activating group) is 1. The number of rotatable bonds is 5. The number of nitrogens with one attached hydrogen (secondary N) is 1. The van der Waals surface area contributed by atoms with E-state index in [1.807, 2.05) is 24.5 Å². The zero-order valence-electron chi connectivity index (χ0n) is 8.96. The Hall–Kier alpha value is -1.15. The molecule has 0 aliphatic heterocycles. The van der Waals surface area contributed by atoms with Gasteiger partial charge >= 0.3 is 0 Å². The molecule has 0 fully saturated rings. The summed E-state index contributed by atoms with van der Waals surface area (Å²) in [5.74, 6) is 0. The van der Waals surface area contributed by atoms with Crippen molar-refractivity contribution in [1.82, 2.24) is 10.3 Å². The van der Waals surface area contributed by atoms with Crippen molar-refractivity contribution in [2.24, 2.45) is 0 Å². The SMILES string of the molecule is C=C(C)C(Cc1ccncc1)NCC. The van der Waals surface area contributed by atoms with E-state index in [1.54, 1.807) is 0 Å². The average molecular weight is 190 g/mol. The third kappa shape index (κ3) is 3.30. The molecule has 0 aliphatic carbocycles. The fraction of sp³-hybridized carbons (Fsp3) is 0.417. The van der Waals surface area contributed by atoms with E-state index in [1.165, 1.54) is 11.1 Å². The molecule has 0 radical (unpaired) electrons. The molecule has 1 unspecified atom stereocenters. The van der Waals surface area contributed by atoms with E-state index in [4.69, 9.17) is 0 Å². The molecule has 14 heavy (non-hydrogen) atoms. The second-order valence-corrected chi connectivity index (χ2v) is 3.52. The smallest absolute Gasteiger partial charge is 0.0314 e. The van der Waals surface area contributed by atoms with Crippen LogP contribution in [0.25, 0.3) is 0 Å². The first-order valence-corrected chi connectivity index (χ1v) is 5.01. The van der Waals surface area contributed by atoms with Gasteiger partial charge < -0.3 is 5.32 Å². The van der Waals surface area contributed by atoms with Crippen molar-refractivity contribution >= 4 is 0 Å². The van der Waals surface area contributed by atoms with Crippen LogP contribution >= 0.6 is 0 Å². The van der Waals surface area contributed by atoms with Gasteiger partial charge in [-0.1, -0.05) is 19.1 Å². The van der Waals surface area contributed by atoms with Crippen molar-refractivity contribution in [2.75, 3.05) is 6.54 Å². The summed E-state index contributed by atoms with van der Waals surface area (Å²) < 4.78 is 0. The van der Waals surface area contributed by atoms with Crippen LogP contribution < -0.4 is 5.32 Å². The molecule has 0 aromatic carbocycles. The predicted octanol–water partition coefficient (Wildman–Crippen LogP) is 2.18. The van der Waals surface area contributed by atoms with E-state index in [2.05, 4.69) is 30.7 Å². The summed E-state index contributed by atoms with van der Waals surface area (Å²) in [4.78, 5) is 4.00. The lowest BCUT2D eigenvalue weighted by Gasteiger charge is -2.17. The topological polar surface area (TPSA) is 24.9 Å². The number of hydrogen-bond acceptors (Lipinski definition) is 2. The Morgan fingerprint density at radius 1 is 1.50 bits per heavy atom. The minimum absolute atomic E-state index is 0.377. The van der Waals surface area contributed by atoms with Gasteiger partial charge in [-0.15, -0.1) is 0 Å². The molecule has 0 amide bonds. The maximum Gasteiger partial charge on any atom is 0.0314 e. The van der Waals surface area contributed by atoms with E-state index >= 15 is 0 Å². The number of nitrogens with zero attached hydrogens (tertiary/aromatic N) is 1. The number of pyridine rings is 1. The molecule has 1 heterocycles. The molecule has 1 aromatic heterocycles. The van der Waals surface area contributed by atoms with Crippen LogP contribution in [0.5, 0.6) is 0 Å². The van der Waals surface area contributed by atoms with Gasteiger partial charge in [0.1, 0.15) is 0 Å². The number of hydrogen-bond donors (Lipinski definition) is 1. The quantitative estimate of drug-likeness (QED) is 0.720. The summed E-state index contributed by atoms with van der Waals surface area (Å²) in [6.07, 6.45) is 4.65. The van der Waals surface area contributed by atoms with Crippen LogP contribution in [0.15, 0.2) is 36.7 Å². The van der Waals surface area contributed by atoms with E-state index < -0.39 is 0 Å². The second kappa shape index (κ2) is 5.55. The molecule has 1 N–H and O–H groups in total. The summed E-state index contributed by atoms with van der Waals surface area (Å²) in [5, 5.41) is 3.41. The number of aromatic nitrogens is 1. The Balaban J connectivity index is 2.60. The largest absolute Gasteiger partial charge is 0.310 e. The van der Waals surface area contributed by atoms with Crippen LogP contribution in [0.1, 0.15) is 19.4 Å². The fourth-order valence-electron chi connectivity index (χ4n) is 1.42. The Morgan fingerprint density at radius 3 is 2.64 bits per heavy atom. The zero-order chi connectivity index (χ0) is 10.4. The van der Waals surface area contributed by atoms with Crippen molar-refractivity contribution in [1.29, 1.82) is 0 Å². The summed E-state index contributed by atoms with van der Waals surface area (Å²) >= 11 is 0. The molecule has 2 heteroatoms. The van der Waals surface area contributed by atoms with Gasteiger partial charge in [0.25, 0.3) is 0 Å². The normalized spacial score (nSPS) is 12.4. The van der Waals surface area contributed by atoms with Crippen molar-refractivity contribution in [3.63, 3.8) is 0 Å². The lowest BCUT2D eigenvalue weighted by Crippen LogP contribution is -2.31. The van der Waals surface area contributed by atoms with Crippen molar-refractivity contribution in [2.45, 2.75) is 26.3 Å². The highest BCUT2D eigenvalue weighted by Gasteiger charge is 2.07. The maximum atomic E-state index is 4.00. The van der Waals surface area contributed by atoms with Gasteiger partial charge in [0.05, 0.1) is 0 Å². The highest BCUT2D eigenvalue weighted by Crippen LogP contribution is 2.07. The third-order valence-electron chi connectivity index (χ3n) is 2.23. The minimum atomic E-state index is 0.377. The minimum Gasteiger partial charge on any atom is -0.310 e. The molecule has 1 aromatic rings. The van der Waals surface area contributed by atoms with Crippen molar-refractivity contribution < 1.29 is 0 Å². The van der Waals surface area contributed by atoms with Crippen LogP contribution in [-0.2, 0) is 6.42 Å². The van der Waals surface area contributed by atoms with Gasteiger partial charge in [0, 0.05) is 18.4 Å². The molecule has 0 saturated heterocycles. The van der Waals surface area contributed by atoms with Gasteiger partial charge in [-0.05, 0) is 37.6 Å². The van der Waals surface area contributed by atoms with Crippen LogP contribution in [0.4, 0.5) is 0 Å². The van der Waals surface area contributed by atoms with Gasteiger partial charge in [-0.2, -0.15) is 0 Å². The first-order chi connectivity index (χ1) is 6.74. The summed E-state index contributed by atoms with van der Waals surface area (Å²) in [7, 11) is 0. The second-order valence-electron chi connectivity index (χ2n) is 3.52. The van der Waals surface area contributed by atoms with E-state index in [0.717, 1.165) is 13.0 Å². The molecule has 2 nitrogen and oxygen atoms in total. The molecule has 1 atom stereocenters. The monoisotopic (exact) mass is 190 g/mol. The molecule has 0 saturated carbocycles. The standard InChI is InChI=1S/C12H18N2/c1-4-14-12(10(2)3)9-11-5-7-13-8-6-11/h5-8,12,14H,2,4,9H2,1,3H3. The first kappa shape index (κ1) is 10.9. The molecular weight excluding hydrogens is 172 g/mol.